The van der Waals surface area contributed by atoms with Crippen LogP contribution in [0.1, 0.15) is 45.4 Å². The van der Waals surface area contributed by atoms with Gasteiger partial charge in [0.2, 0.25) is 10.0 Å². The van der Waals surface area contributed by atoms with Crippen molar-refractivity contribution in [3.8, 4) is 0 Å². The Balaban J connectivity index is 2.07. The average molecular weight is 384 g/mol. The molecule has 0 aromatic heterocycles. The van der Waals surface area contributed by atoms with Gasteiger partial charge in [-0.2, -0.15) is 0 Å². The molecule has 0 heterocycles. The summed E-state index contributed by atoms with van der Waals surface area (Å²) in [5.74, 6) is -0.177. The van der Waals surface area contributed by atoms with Crippen molar-refractivity contribution in [1.29, 1.82) is 0 Å². The molecular weight excluding hydrogens is 358 g/mol. The van der Waals surface area contributed by atoms with E-state index in [0.29, 0.717) is 11.8 Å². The van der Waals surface area contributed by atoms with Gasteiger partial charge in [0.25, 0.3) is 10.0 Å². The number of hydrogen-bond acceptors (Lipinski definition) is 4. The van der Waals surface area contributed by atoms with Crippen LogP contribution in [0.3, 0.4) is 0 Å². The lowest BCUT2D eigenvalue weighted by molar-refractivity contribution is 0.571. The largest absolute Gasteiger partial charge is 0.254 e. The van der Waals surface area contributed by atoms with Gasteiger partial charge >= 0.3 is 0 Å². The standard InChI is InChI=1S/C18H25NO4S2/c1-2-3-4-5-6-9-15-24(20,21)19-25(22,23)18-14-10-12-16-11-7-8-13-17(16)18/h7-8,10-14,19H,2-6,9,15H2,1H3. The summed E-state index contributed by atoms with van der Waals surface area (Å²) in [6, 6.07) is 11.8. The van der Waals surface area contributed by atoms with E-state index >= 15 is 0 Å². The van der Waals surface area contributed by atoms with Crippen LogP contribution in [0.2, 0.25) is 0 Å². The fourth-order valence-electron chi connectivity index (χ4n) is 2.76. The molecule has 2 aromatic carbocycles. The zero-order chi connectivity index (χ0) is 18.3. The van der Waals surface area contributed by atoms with Crippen molar-refractivity contribution in [3.63, 3.8) is 0 Å². The van der Waals surface area contributed by atoms with Gasteiger partial charge < -0.3 is 0 Å². The summed E-state index contributed by atoms with van der Waals surface area (Å²) >= 11 is 0. The molecule has 25 heavy (non-hydrogen) atoms. The number of unbranched alkanes of at least 4 members (excludes halogenated alkanes) is 5. The summed E-state index contributed by atoms with van der Waals surface area (Å²) < 4.78 is 51.3. The molecular formula is C18H25NO4S2. The first kappa shape index (κ1) is 19.9. The molecule has 138 valence electrons. The lowest BCUT2D eigenvalue weighted by atomic mass is 10.1. The Bertz CT molecular complexity index is 900. The summed E-state index contributed by atoms with van der Waals surface area (Å²) in [7, 11) is -8.02. The topological polar surface area (TPSA) is 80.3 Å². The fourth-order valence-corrected chi connectivity index (χ4v) is 6.10. The smallest absolute Gasteiger partial charge is 0.211 e. The molecule has 0 atom stereocenters. The van der Waals surface area contributed by atoms with Gasteiger partial charge in [-0.15, -0.1) is 4.13 Å². The third kappa shape index (κ3) is 5.80. The van der Waals surface area contributed by atoms with Crippen LogP contribution in [-0.2, 0) is 20.0 Å². The molecule has 7 heteroatoms. The number of rotatable bonds is 10. The van der Waals surface area contributed by atoms with E-state index in [1.165, 1.54) is 6.07 Å². The van der Waals surface area contributed by atoms with E-state index in [-0.39, 0.29) is 10.6 Å². The SMILES string of the molecule is CCCCCCCCS(=O)(=O)NS(=O)(=O)c1cccc2ccccc12. The minimum absolute atomic E-state index is 0.0166. The summed E-state index contributed by atoms with van der Waals surface area (Å²) in [5.41, 5.74) is 0. The second-order valence-corrected chi connectivity index (χ2v) is 9.90. The number of benzene rings is 2. The van der Waals surface area contributed by atoms with Crippen LogP contribution >= 0.6 is 0 Å². The van der Waals surface area contributed by atoms with Gasteiger partial charge in [-0.1, -0.05) is 75.4 Å². The zero-order valence-electron chi connectivity index (χ0n) is 14.4. The molecule has 2 aromatic rings. The predicted molar refractivity (Wildman–Crippen MR) is 101 cm³/mol. The molecule has 0 fully saturated rings. The van der Waals surface area contributed by atoms with Gasteiger partial charge in [0, 0.05) is 5.39 Å². The molecule has 0 spiro atoms. The lowest BCUT2D eigenvalue weighted by Crippen LogP contribution is -2.32. The first-order valence-corrected chi connectivity index (χ1v) is 11.7. The Kier molecular flexibility index (Phi) is 6.98. The zero-order valence-corrected chi connectivity index (χ0v) is 16.1. The minimum Gasteiger partial charge on any atom is -0.211 e. The van der Waals surface area contributed by atoms with Gasteiger partial charge in [-0.05, 0) is 17.9 Å². The molecule has 2 rings (SSSR count). The Morgan fingerprint density at radius 3 is 2.20 bits per heavy atom. The van der Waals surface area contributed by atoms with Crippen molar-refractivity contribution in [2.45, 2.75) is 50.3 Å². The highest BCUT2D eigenvalue weighted by Gasteiger charge is 2.24. The Hall–Kier alpha value is -1.44. The summed E-state index contributed by atoms with van der Waals surface area (Å²) in [6.45, 7) is 2.12. The van der Waals surface area contributed by atoms with E-state index in [9.17, 15) is 16.8 Å². The van der Waals surface area contributed by atoms with Gasteiger partial charge in [0.15, 0.2) is 0 Å². The maximum absolute atomic E-state index is 12.5. The Morgan fingerprint density at radius 2 is 1.44 bits per heavy atom. The van der Waals surface area contributed by atoms with Crippen LogP contribution < -0.4 is 4.13 Å². The van der Waals surface area contributed by atoms with Gasteiger partial charge in [0.05, 0.1) is 10.6 Å². The van der Waals surface area contributed by atoms with Crippen molar-refractivity contribution >= 4 is 30.8 Å². The van der Waals surface area contributed by atoms with E-state index in [4.69, 9.17) is 0 Å². The van der Waals surface area contributed by atoms with Crippen LogP contribution in [-0.4, -0.2) is 22.6 Å². The first-order chi connectivity index (χ1) is 11.9. The Morgan fingerprint density at radius 1 is 0.800 bits per heavy atom. The maximum atomic E-state index is 12.5. The molecule has 0 bridgehead atoms. The van der Waals surface area contributed by atoms with Crippen molar-refractivity contribution in [1.82, 2.24) is 4.13 Å². The van der Waals surface area contributed by atoms with E-state index in [2.05, 4.69) is 6.92 Å². The highest BCUT2D eigenvalue weighted by molar-refractivity contribution is 8.04. The number of fused-ring (bicyclic) bond motifs is 1. The van der Waals surface area contributed by atoms with E-state index in [1.54, 1.807) is 36.4 Å². The van der Waals surface area contributed by atoms with E-state index < -0.39 is 20.0 Å². The van der Waals surface area contributed by atoms with Crippen molar-refractivity contribution in [2.24, 2.45) is 0 Å². The summed E-state index contributed by atoms with van der Waals surface area (Å²) in [6.07, 6.45) is 5.57. The normalized spacial score (nSPS) is 12.5. The third-order valence-electron chi connectivity index (χ3n) is 4.04. The molecule has 0 aliphatic carbocycles. The average Bonchev–Trinajstić information content (AvgIpc) is 2.56. The van der Waals surface area contributed by atoms with Crippen molar-refractivity contribution in [3.05, 3.63) is 42.5 Å². The quantitative estimate of drug-likeness (QED) is 0.633. The molecule has 5 nitrogen and oxygen atoms in total. The maximum Gasteiger partial charge on any atom is 0.254 e. The molecule has 0 radical (unpaired) electrons. The molecule has 0 saturated carbocycles. The van der Waals surface area contributed by atoms with Crippen molar-refractivity contribution in [2.75, 3.05) is 5.75 Å². The van der Waals surface area contributed by atoms with Gasteiger partial charge in [-0.25, -0.2) is 16.8 Å². The third-order valence-corrected chi connectivity index (χ3v) is 7.70. The number of sulfonamides is 2. The first-order valence-electron chi connectivity index (χ1n) is 8.60. The molecule has 0 unspecified atom stereocenters. The van der Waals surface area contributed by atoms with Gasteiger partial charge in [-0.3, -0.25) is 0 Å². The molecule has 1 N–H and O–H groups in total. The number of hydrogen-bond donors (Lipinski definition) is 1. The van der Waals surface area contributed by atoms with Crippen LogP contribution in [0.4, 0.5) is 0 Å². The molecule has 0 aliphatic rings. The van der Waals surface area contributed by atoms with Crippen LogP contribution in [0.5, 0.6) is 0 Å². The van der Waals surface area contributed by atoms with Crippen LogP contribution in [0.15, 0.2) is 47.4 Å². The van der Waals surface area contributed by atoms with E-state index in [1.807, 2.05) is 4.13 Å². The van der Waals surface area contributed by atoms with Crippen LogP contribution in [0, 0.1) is 0 Å². The molecule has 0 aliphatic heterocycles. The Labute approximate surface area is 150 Å². The highest BCUT2D eigenvalue weighted by atomic mass is 32.3. The monoisotopic (exact) mass is 383 g/mol. The van der Waals surface area contributed by atoms with E-state index in [0.717, 1.165) is 37.5 Å². The summed E-state index contributed by atoms with van der Waals surface area (Å²) in [5, 5.41) is 1.26. The highest BCUT2D eigenvalue weighted by Crippen LogP contribution is 2.23. The molecule has 0 amide bonds. The summed E-state index contributed by atoms with van der Waals surface area (Å²) in [4.78, 5) is -0.0166. The predicted octanol–water partition coefficient (Wildman–Crippen LogP) is 3.81. The van der Waals surface area contributed by atoms with Gasteiger partial charge in [0.1, 0.15) is 0 Å². The minimum atomic E-state index is -4.13. The van der Waals surface area contributed by atoms with Crippen molar-refractivity contribution < 1.29 is 16.8 Å². The number of nitrogens with one attached hydrogen (secondary N) is 1. The lowest BCUT2D eigenvalue weighted by Gasteiger charge is -2.10. The fraction of sp³-hybridized carbons (Fsp3) is 0.444. The molecule has 0 saturated heterocycles. The van der Waals surface area contributed by atoms with Crippen LogP contribution in [0.25, 0.3) is 10.8 Å². The second-order valence-electron chi connectivity index (χ2n) is 6.15. The second kappa shape index (κ2) is 8.78.